The summed E-state index contributed by atoms with van der Waals surface area (Å²) in [5.41, 5.74) is 1.19. The first-order chi connectivity index (χ1) is 9.58. The minimum Gasteiger partial charge on any atom is -0.314 e. The zero-order valence-electron chi connectivity index (χ0n) is 12.2. The van der Waals surface area contributed by atoms with E-state index in [1.165, 1.54) is 5.56 Å². The number of nitrogens with zero attached hydrogens (tertiary/aromatic N) is 2. The van der Waals surface area contributed by atoms with E-state index in [2.05, 4.69) is 57.2 Å². The van der Waals surface area contributed by atoms with E-state index in [4.69, 9.17) is 11.6 Å². The molecule has 1 aliphatic heterocycles. The van der Waals surface area contributed by atoms with Gasteiger partial charge in [-0.05, 0) is 31.7 Å². The number of hydrogen-bond donors (Lipinski definition) is 1. The van der Waals surface area contributed by atoms with E-state index in [9.17, 15) is 0 Å². The first kappa shape index (κ1) is 16.2. The van der Waals surface area contributed by atoms with Crippen LogP contribution in [0.25, 0.3) is 0 Å². The number of nitrogens with one attached hydrogen (secondary N) is 1. The Bertz CT molecular complexity index is 435. The highest BCUT2D eigenvalue weighted by Gasteiger charge is 2.16. The molecule has 0 saturated carbocycles. The van der Waals surface area contributed by atoms with Gasteiger partial charge in [-0.1, -0.05) is 33.6 Å². The number of halogens is 2. The lowest BCUT2D eigenvalue weighted by atomic mass is 10.1. The van der Waals surface area contributed by atoms with Gasteiger partial charge in [-0.3, -0.25) is 9.80 Å². The predicted molar refractivity (Wildman–Crippen MR) is 89.5 cm³/mol. The fourth-order valence-corrected chi connectivity index (χ4v) is 3.34. The van der Waals surface area contributed by atoms with E-state index in [1.807, 2.05) is 6.07 Å². The van der Waals surface area contributed by atoms with E-state index >= 15 is 0 Å². The summed E-state index contributed by atoms with van der Waals surface area (Å²) in [6.07, 6.45) is 0. The fraction of sp³-hybridized carbons (Fsp3) is 0.600. The van der Waals surface area contributed by atoms with E-state index in [1.54, 1.807) is 0 Å². The molecule has 0 spiro atoms. The molecule has 1 heterocycles. The topological polar surface area (TPSA) is 18.5 Å². The van der Waals surface area contributed by atoms with Crippen LogP contribution < -0.4 is 5.32 Å². The van der Waals surface area contributed by atoms with Crippen LogP contribution in [0.2, 0.25) is 5.02 Å². The highest BCUT2D eigenvalue weighted by atomic mass is 79.9. The summed E-state index contributed by atoms with van der Waals surface area (Å²) in [5, 5.41) is 4.22. The van der Waals surface area contributed by atoms with Crippen LogP contribution in [0.4, 0.5) is 0 Å². The molecule has 2 rings (SSSR count). The van der Waals surface area contributed by atoms with Gasteiger partial charge in [0, 0.05) is 54.8 Å². The molecule has 0 aliphatic carbocycles. The molecule has 1 N–H and O–H groups in total. The smallest absolute Gasteiger partial charge is 0.0464 e. The number of rotatable bonds is 5. The van der Waals surface area contributed by atoms with E-state index in [0.29, 0.717) is 6.04 Å². The molecule has 1 saturated heterocycles. The summed E-state index contributed by atoms with van der Waals surface area (Å²) in [5.74, 6) is 0. The van der Waals surface area contributed by atoms with Crippen molar-refractivity contribution in [2.75, 3.05) is 46.3 Å². The quantitative estimate of drug-likeness (QED) is 0.871. The number of benzene rings is 1. The van der Waals surface area contributed by atoms with Crippen molar-refractivity contribution in [2.45, 2.75) is 13.0 Å². The molecule has 112 valence electrons. The van der Waals surface area contributed by atoms with Crippen LogP contribution in [0.1, 0.15) is 18.5 Å². The summed E-state index contributed by atoms with van der Waals surface area (Å²) >= 11 is 9.80. The Hall–Kier alpha value is -0.130. The van der Waals surface area contributed by atoms with Crippen LogP contribution >= 0.6 is 27.5 Å². The lowest BCUT2D eigenvalue weighted by molar-refractivity contribution is 0.183. The van der Waals surface area contributed by atoms with Crippen molar-refractivity contribution >= 4 is 27.5 Å². The highest BCUT2D eigenvalue weighted by molar-refractivity contribution is 9.10. The van der Waals surface area contributed by atoms with E-state index in [-0.39, 0.29) is 0 Å². The maximum Gasteiger partial charge on any atom is 0.0464 e. The van der Waals surface area contributed by atoms with Gasteiger partial charge in [0.2, 0.25) is 0 Å². The van der Waals surface area contributed by atoms with Crippen LogP contribution in [-0.2, 0) is 0 Å². The molecule has 0 bridgehead atoms. The van der Waals surface area contributed by atoms with Crippen LogP contribution in [-0.4, -0.2) is 56.1 Å². The lowest BCUT2D eigenvalue weighted by Gasteiger charge is -2.31. The van der Waals surface area contributed by atoms with E-state index < -0.39 is 0 Å². The summed E-state index contributed by atoms with van der Waals surface area (Å²) in [7, 11) is 2.17. The average molecular weight is 361 g/mol. The number of likely N-dealkylation sites (N-methyl/N-ethyl adjacent to an activating group) is 1. The van der Waals surface area contributed by atoms with Crippen LogP contribution in [0, 0.1) is 0 Å². The van der Waals surface area contributed by atoms with Crippen molar-refractivity contribution in [3.05, 3.63) is 33.3 Å². The molecule has 1 unspecified atom stereocenters. The Balaban J connectivity index is 1.89. The SMILES string of the molecule is CC(c1ccc(Br)cc1Cl)N(C)CCN1CCNCC1. The minimum absolute atomic E-state index is 0.332. The third-order valence-electron chi connectivity index (χ3n) is 4.05. The average Bonchev–Trinajstić information content (AvgIpc) is 2.45. The normalized spacial score (nSPS) is 18.4. The molecule has 0 aromatic heterocycles. The van der Waals surface area contributed by atoms with E-state index in [0.717, 1.165) is 48.8 Å². The first-order valence-electron chi connectivity index (χ1n) is 7.16. The number of piperazine rings is 1. The Morgan fingerprint density at radius 1 is 1.40 bits per heavy atom. The van der Waals surface area contributed by atoms with Crippen molar-refractivity contribution < 1.29 is 0 Å². The maximum atomic E-state index is 6.34. The highest BCUT2D eigenvalue weighted by Crippen LogP contribution is 2.29. The first-order valence-corrected chi connectivity index (χ1v) is 8.33. The second kappa shape index (κ2) is 7.76. The Labute approximate surface area is 135 Å². The van der Waals surface area contributed by atoms with Crippen LogP contribution in [0.15, 0.2) is 22.7 Å². The molecule has 1 atom stereocenters. The fourth-order valence-electron chi connectivity index (χ4n) is 2.51. The molecule has 0 radical (unpaired) electrons. The van der Waals surface area contributed by atoms with Crippen molar-refractivity contribution in [1.82, 2.24) is 15.1 Å². The largest absolute Gasteiger partial charge is 0.314 e. The van der Waals surface area contributed by atoms with Crippen molar-refractivity contribution in [2.24, 2.45) is 0 Å². The zero-order valence-corrected chi connectivity index (χ0v) is 14.5. The van der Waals surface area contributed by atoms with Gasteiger partial charge in [0.25, 0.3) is 0 Å². The second-order valence-electron chi connectivity index (χ2n) is 5.41. The Morgan fingerprint density at radius 3 is 2.75 bits per heavy atom. The molecular weight excluding hydrogens is 338 g/mol. The van der Waals surface area contributed by atoms with Crippen LogP contribution in [0.3, 0.4) is 0 Å². The molecule has 20 heavy (non-hydrogen) atoms. The van der Waals surface area contributed by atoms with Gasteiger partial charge >= 0.3 is 0 Å². The Morgan fingerprint density at radius 2 is 2.10 bits per heavy atom. The molecule has 1 aromatic carbocycles. The van der Waals surface area contributed by atoms with Gasteiger partial charge in [-0.2, -0.15) is 0 Å². The van der Waals surface area contributed by atoms with Gasteiger partial charge in [-0.15, -0.1) is 0 Å². The molecule has 0 amide bonds. The van der Waals surface area contributed by atoms with Gasteiger partial charge in [0.15, 0.2) is 0 Å². The summed E-state index contributed by atoms with van der Waals surface area (Å²) in [6, 6.07) is 6.47. The molecular formula is C15H23BrClN3. The standard InChI is InChI=1S/C15H23BrClN3/c1-12(14-4-3-13(16)11-15(14)17)19(2)9-10-20-7-5-18-6-8-20/h3-4,11-12,18H,5-10H2,1-2H3. The van der Waals surface area contributed by atoms with Crippen molar-refractivity contribution in [3.63, 3.8) is 0 Å². The summed E-state index contributed by atoms with van der Waals surface area (Å²) in [6.45, 7) is 8.93. The van der Waals surface area contributed by atoms with Crippen molar-refractivity contribution in [1.29, 1.82) is 0 Å². The summed E-state index contributed by atoms with van der Waals surface area (Å²) in [4.78, 5) is 4.89. The van der Waals surface area contributed by atoms with Gasteiger partial charge in [-0.25, -0.2) is 0 Å². The predicted octanol–water partition coefficient (Wildman–Crippen LogP) is 3.00. The minimum atomic E-state index is 0.332. The molecule has 5 heteroatoms. The lowest BCUT2D eigenvalue weighted by Crippen LogP contribution is -2.46. The van der Waals surface area contributed by atoms with Gasteiger partial charge < -0.3 is 5.32 Å². The third-order valence-corrected chi connectivity index (χ3v) is 4.87. The monoisotopic (exact) mass is 359 g/mol. The van der Waals surface area contributed by atoms with Crippen LogP contribution in [0.5, 0.6) is 0 Å². The molecule has 1 aromatic rings. The summed E-state index contributed by atoms with van der Waals surface area (Å²) < 4.78 is 1.03. The maximum absolute atomic E-state index is 6.34. The zero-order chi connectivity index (χ0) is 14.5. The molecule has 1 fully saturated rings. The number of hydrogen-bond acceptors (Lipinski definition) is 3. The molecule has 1 aliphatic rings. The van der Waals surface area contributed by atoms with Crippen molar-refractivity contribution in [3.8, 4) is 0 Å². The Kier molecular flexibility index (Phi) is 6.30. The third kappa shape index (κ3) is 4.43. The molecule has 3 nitrogen and oxygen atoms in total. The van der Waals surface area contributed by atoms with Gasteiger partial charge in [0.1, 0.15) is 0 Å². The van der Waals surface area contributed by atoms with Gasteiger partial charge in [0.05, 0.1) is 0 Å². The second-order valence-corrected chi connectivity index (χ2v) is 6.74.